The van der Waals surface area contributed by atoms with Crippen molar-refractivity contribution in [1.82, 2.24) is 0 Å². The molecule has 1 aromatic carbocycles. The Balaban J connectivity index is 2.12. The molecule has 0 bridgehead atoms. The number of allylic oxidation sites excluding steroid dienone is 5. The summed E-state index contributed by atoms with van der Waals surface area (Å²) in [6.07, 6.45) is 7.23. The molecule has 3 nitrogen and oxygen atoms in total. The minimum Gasteiger partial charge on any atom is -0.501 e. The number of alkyl halides is 1. The molecule has 5 heteroatoms. The maximum Gasteiger partial charge on any atom is 0.130 e. The predicted octanol–water partition coefficient (Wildman–Crippen LogP) is 5.49. The van der Waals surface area contributed by atoms with E-state index >= 15 is 0 Å². The van der Waals surface area contributed by atoms with E-state index < -0.39 is 18.9 Å². The lowest BCUT2D eigenvalue weighted by molar-refractivity contribution is 0.185. The summed E-state index contributed by atoms with van der Waals surface area (Å²) in [6.45, 7) is 7.62. The van der Waals surface area contributed by atoms with E-state index in [0.29, 0.717) is 24.3 Å². The number of ether oxygens (including phenoxy) is 2. The largest absolute Gasteiger partial charge is 0.501 e. The van der Waals surface area contributed by atoms with Crippen molar-refractivity contribution in [3.05, 3.63) is 59.4 Å². The molecule has 0 fully saturated rings. The first-order chi connectivity index (χ1) is 13.9. The topological polar surface area (TPSA) is 38.7 Å². The van der Waals surface area contributed by atoms with Crippen molar-refractivity contribution in [3.8, 4) is 5.75 Å². The quantitative estimate of drug-likeness (QED) is 0.481. The van der Waals surface area contributed by atoms with Gasteiger partial charge in [-0.1, -0.05) is 24.8 Å². The molecule has 160 valence electrons. The number of aliphatic hydroxyl groups is 1. The van der Waals surface area contributed by atoms with Crippen LogP contribution in [0, 0.1) is 5.92 Å². The fraction of sp³-hybridized carbons (Fsp3) is 0.500. The van der Waals surface area contributed by atoms with E-state index in [-0.39, 0.29) is 0 Å². The first kappa shape index (κ1) is 23.6. The van der Waals surface area contributed by atoms with Crippen LogP contribution in [0.5, 0.6) is 5.75 Å². The van der Waals surface area contributed by atoms with Crippen LogP contribution < -0.4 is 4.74 Å². The summed E-state index contributed by atoms with van der Waals surface area (Å²) in [7, 11) is 4.24. The van der Waals surface area contributed by atoms with Gasteiger partial charge in [-0.3, -0.25) is 0 Å². The van der Waals surface area contributed by atoms with Gasteiger partial charge in [-0.15, -0.1) is 9.24 Å². The minimum atomic E-state index is -0.530. The molecule has 0 aliphatic heterocycles. The van der Waals surface area contributed by atoms with Crippen LogP contribution in [-0.4, -0.2) is 37.3 Å². The van der Waals surface area contributed by atoms with Gasteiger partial charge in [0.1, 0.15) is 18.5 Å². The van der Waals surface area contributed by atoms with Crippen LogP contribution in [0.2, 0.25) is 0 Å². The molecule has 1 N–H and O–H groups in total. The number of aliphatic hydroxyl groups excluding tert-OH is 1. The number of halogens is 1. The summed E-state index contributed by atoms with van der Waals surface area (Å²) in [6, 6.07) is 5.74. The van der Waals surface area contributed by atoms with Gasteiger partial charge in [0.2, 0.25) is 0 Å². The number of hydrogen-bond acceptors (Lipinski definition) is 3. The number of rotatable bonds is 11. The zero-order chi connectivity index (χ0) is 21.4. The zero-order valence-corrected chi connectivity index (χ0v) is 18.9. The van der Waals surface area contributed by atoms with Gasteiger partial charge in [0.15, 0.2) is 0 Å². The van der Waals surface area contributed by atoms with Crippen LogP contribution in [0.25, 0.3) is 5.57 Å². The van der Waals surface area contributed by atoms with Crippen molar-refractivity contribution < 1.29 is 19.0 Å². The van der Waals surface area contributed by atoms with Gasteiger partial charge in [-0.25, -0.2) is 4.39 Å². The van der Waals surface area contributed by atoms with Crippen LogP contribution in [0.3, 0.4) is 0 Å². The first-order valence-corrected chi connectivity index (χ1v) is 11.0. The highest BCUT2D eigenvalue weighted by Crippen LogP contribution is 2.32. The lowest BCUT2D eigenvalue weighted by Gasteiger charge is -2.22. The molecule has 4 atom stereocenters. The SMILES string of the molecule is C=C(CC[C@H]1C=CC(C)=C(OC)C1)c1cc(OC(CF)CP)ccc1C[C@H](C)O. The Morgan fingerprint density at radius 3 is 2.79 bits per heavy atom. The molecule has 1 aliphatic rings. The zero-order valence-electron chi connectivity index (χ0n) is 17.8. The predicted molar refractivity (Wildman–Crippen MR) is 122 cm³/mol. The summed E-state index contributed by atoms with van der Waals surface area (Å²) in [5.41, 5.74) is 4.21. The van der Waals surface area contributed by atoms with E-state index in [0.717, 1.165) is 41.7 Å². The summed E-state index contributed by atoms with van der Waals surface area (Å²) >= 11 is 0. The molecule has 0 saturated heterocycles. The van der Waals surface area contributed by atoms with E-state index in [1.54, 1.807) is 14.0 Å². The van der Waals surface area contributed by atoms with Gasteiger partial charge in [0, 0.05) is 12.6 Å². The van der Waals surface area contributed by atoms with Gasteiger partial charge in [-0.05, 0) is 73.4 Å². The second kappa shape index (κ2) is 11.5. The molecule has 0 spiro atoms. The Morgan fingerprint density at radius 1 is 1.41 bits per heavy atom. The third-order valence-corrected chi connectivity index (χ3v) is 5.81. The lowest BCUT2D eigenvalue weighted by atomic mass is 9.87. The number of hydrogen-bond donors (Lipinski definition) is 1. The van der Waals surface area contributed by atoms with Gasteiger partial charge in [0.25, 0.3) is 0 Å². The summed E-state index contributed by atoms with van der Waals surface area (Å²) in [5, 5.41) is 9.88. The molecule has 2 rings (SSSR count). The summed E-state index contributed by atoms with van der Waals surface area (Å²) in [4.78, 5) is 0. The number of benzene rings is 1. The van der Waals surface area contributed by atoms with Crippen molar-refractivity contribution in [2.75, 3.05) is 19.9 Å². The van der Waals surface area contributed by atoms with Gasteiger partial charge in [0.05, 0.1) is 19.0 Å². The Labute approximate surface area is 176 Å². The van der Waals surface area contributed by atoms with Crippen molar-refractivity contribution in [1.29, 1.82) is 0 Å². The highest BCUT2D eigenvalue weighted by Gasteiger charge is 2.17. The Bertz CT molecular complexity index is 750. The molecular weight excluding hydrogens is 386 g/mol. The third kappa shape index (κ3) is 6.97. The van der Waals surface area contributed by atoms with E-state index in [1.807, 2.05) is 18.2 Å². The average molecular weight is 421 g/mol. The van der Waals surface area contributed by atoms with E-state index in [2.05, 4.69) is 34.9 Å². The van der Waals surface area contributed by atoms with Crippen LogP contribution in [0.4, 0.5) is 4.39 Å². The van der Waals surface area contributed by atoms with Crippen LogP contribution in [0.1, 0.15) is 44.2 Å². The van der Waals surface area contributed by atoms with Gasteiger partial charge >= 0.3 is 0 Å². The van der Waals surface area contributed by atoms with Crippen molar-refractivity contribution in [2.45, 2.75) is 51.7 Å². The van der Waals surface area contributed by atoms with Gasteiger partial charge < -0.3 is 14.6 Å². The first-order valence-electron chi connectivity index (χ1n) is 10.2. The molecule has 1 aliphatic carbocycles. The smallest absolute Gasteiger partial charge is 0.130 e. The maximum absolute atomic E-state index is 13.1. The Hall–Kier alpha value is -1.64. The highest BCUT2D eigenvalue weighted by atomic mass is 31.0. The van der Waals surface area contributed by atoms with E-state index in [4.69, 9.17) is 9.47 Å². The second-order valence-corrected chi connectivity index (χ2v) is 8.25. The van der Waals surface area contributed by atoms with Crippen LogP contribution >= 0.6 is 9.24 Å². The lowest BCUT2D eigenvalue weighted by Crippen LogP contribution is -2.20. The van der Waals surface area contributed by atoms with Crippen molar-refractivity contribution in [2.24, 2.45) is 5.92 Å². The average Bonchev–Trinajstić information content (AvgIpc) is 2.71. The fourth-order valence-corrected chi connectivity index (χ4v) is 3.79. The molecular formula is C24H34FO3P. The number of methoxy groups -OCH3 is 1. The van der Waals surface area contributed by atoms with Crippen LogP contribution in [-0.2, 0) is 11.2 Å². The Kier molecular flexibility index (Phi) is 9.39. The highest BCUT2D eigenvalue weighted by molar-refractivity contribution is 7.16. The molecule has 1 aromatic rings. The molecule has 0 saturated carbocycles. The standard InChI is InChI=1S/C24H34FO3P/c1-16(5-7-19-8-6-17(2)24(12-19)27-4)23-13-21(28-22(14-25)15-29)10-9-20(23)11-18(3)26/h6,8-10,13,18-19,22,26H,1,5,7,11-12,14-15,29H2,2-4H3/t18-,19-,22?/m0/s1. The monoisotopic (exact) mass is 420 g/mol. The molecule has 2 unspecified atom stereocenters. The fourth-order valence-electron chi connectivity index (χ4n) is 3.57. The van der Waals surface area contributed by atoms with Crippen molar-refractivity contribution >= 4 is 14.8 Å². The minimum absolute atomic E-state index is 0.415. The Morgan fingerprint density at radius 2 is 2.17 bits per heavy atom. The van der Waals surface area contributed by atoms with E-state index in [1.165, 1.54) is 5.57 Å². The van der Waals surface area contributed by atoms with E-state index in [9.17, 15) is 9.50 Å². The molecule has 0 amide bonds. The molecule has 0 aromatic heterocycles. The normalized spacial score (nSPS) is 18.5. The maximum atomic E-state index is 13.1. The van der Waals surface area contributed by atoms with Crippen LogP contribution in [0.15, 0.2) is 48.3 Å². The molecule has 0 heterocycles. The third-order valence-electron chi connectivity index (χ3n) is 5.28. The second-order valence-electron chi connectivity index (χ2n) is 7.78. The summed E-state index contributed by atoms with van der Waals surface area (Å²) < 4.78 is 24.3. The molecule has 29 heavy (non-hydrogen) atoms. The molecule has 0 radical (unpaired) electrons. The van der Waals surface area contributed by atoms with Crippen molar-refractivity contribution in [3.63, 3.8) is 0 Å². The van der Waals surface area contributed by atoms with Gasteiger partial charge in [-0.2, -0.15) is 0 Å². The summed E-state index contributed by atoms with van der Waals surface area (Å²) in [5.74, 6) is 2.10.